The Morgan fingerprint density at radius 3 is 2.44 bits per heavy atom. The van der Waals surface area contributed by atoms with Crippen LogP contribution < -0.4 is 5.32 Å². The maximum atomic E-state index is 15.0. The van der Waals surface area contributed by atoms with E-state index in [2.05, 4.69) is 12.2 Å². The van der Waals surface area contributed by atoms with Crippen molar-refractivity contribution in [3.63, 3.8) is 0 Å². The molecule has 4 aliphatic rings. The van der Waals surface area contributed by atoms with Crippen molar-refractivity contribution in [2.75, 3.05) is 19.7 Å². The molecule has 4 heterocycles. The Labute approximate surface area is 281 Å². The molecule has 2 aromatic rings. The molecule has 2 N–H and O–H groups in total. The standard InChI is InChI=1S/C38H45N3O7/c1-3-13-25(2)40-21-12-6-11-18-31(43)39-23-30(27-16-9-5-10-17-27)47-37(46)32-29-19-20-38(48-29)33(32)35(44)41(34(38)36(40)45)28(24-42)22-26-14-7-4-8-15-26/h4-10,12,14-17,19-20,25,28-30,32-34,42H,3,11,13,18,21-24H2,1-2H3,(H,39,43)/b12-6-/t25?,28-,29-,30-,32+,33+,34-,38+/m1/s1. The normalized spacial score (nSPS) is 30.9. The fraction of sp³-hybridized carbons (Fsp3) is 0.474. The van der Waals surface area contributed by atoms with E-state index in [4.69, 9.17) is 9.47 Å². The zero-order chi connectivity index (χ0) is 33.8. The van der Waals surface area contributed by atoms with Gasteiger partial charge < -0.3 is 29.7 Å². The van der Waals surface area contributed by atoms with Crippen molar-refractivity contribution < 1.29 is 33.8 Å². The molecular formula is C38H45N3O7. The number of cyclic esters (lactones) is 1. The first-order valence-corrected chi connectivity index (χ1v) is 17.1. The molecule has 10 heteroatoms. The number of allylic oxidation sites excluding steroid dienone is 1. The fourth-order valence-corrected chi connectivity index (χ4v) is 7.83. The number of likely N-dealkylation sites (tertiary alicyclic amines) is 1. The molecule has 0 radical (unpaired) electrons. The number of aliphatic hydroxyl groups excluding tert-OH is 1. The predicted molar refractivity (Wildman–Crippen MR) is 178 cm³/mol. The number of fused-ring (bicyclic) bond motifs is 2. The lowest BCUT2D eigenvalue weighted by Gasteiger charge is -2.40. The minimum Gasteiger partial charge on any atom is -0.455 e. The topological polar surface area (TPSA) is 125 Å². The summed E-state index contributed by atoms with van der Waals surface area (Å²) in [5, 5.41) is 13.7. The Kier molecular flexibility index (Phi) is 10.1. The summed E-state index contributed by atoms with van der Waals surface area (Å²) >= 11 is 0. The van der Waals surface area contributed by atoms with Gasteiger partial charge in [0.1, 0.15) is 23.7 Å². The molecule has 1 unspecified atom stereocenters. The van der Waals surface area contributed by atoms with Crippen LogP contribution in [-0.2, 0) is 35.1 Å². The van der Waals surface area contributed by atoms with Gasteiger partial charge in [-0.05, 0) is 37.3 Å². The lowest BCUT2D eigenvalue weighted by atomic mass is 9.74. The zero-order valence-corrected chi connectivity index (χ0v) is 27.6. The maximum Gasteiger partial charge on any atom is 0.313 e. The van der Waals surface area contributed by atoms with Gasteiger partial charge in [0.05, 0.1) is 31.2 Å². The number of hydrogen-bond donors (Lipinski definition) is 2. The zero-order valence-electron chi connectivity index (χ0n) is 27.6. The number of carbonyl (C=O) groups excluding carboxylic acids is 4. The van der Waals surface area contributed by atoms with Crippen LogP contribution in [0.25, 0.3) is 0 Å². The average molecular weight is 656 g/mol. The van der Waals surface area contributed by atoms with Crippen LogP contribution in [0.4, 0.5) is 0 Å². The second kappa shape index (κ2) is 14.5. The molecule has 2 aromatic carbocycles. The summed E-state index contributed by atoms with van der Waals surface area (Å²) in [6, 6.07) is 16.7. The van der Waals surface area contributed by atoms with E-state index in [1.54, 1.807) is 17.1 Å². The predicted octanol–water partition coefficient (Wildman–Crippen LogP) is 3.51. The SMILES string of the molecule is CCCC(C)N1C/C=C\CCC(=O)NC[C@H](c2ccccc2)OC(=O)[C@@H]2[C@H]3C(=O)N([C@@H](CO)Cc4ccccc4)[C@H](C1=O)[C@]31C=C[C@H]2O1. The number of ether oxygens (including phenoxy) is 2. The molecule has 0 aromatic heterocycles. The van der Waals surface area contributed by atoms with Gasteiger partial charge in [-0.15, -0.1) is 0 Å². The van der Waals surface area contributed by atoms with Crippen molar-refractivity contribution >= 4 is 23.7 Å². The van der Waals surface area contributed by atoms with Gasteiger partial charge in [-0.2, -0.15) is 0 Å². The second-order valence-corrected chi connectivity index (χ2v) is 13.3. The van der Waals surface area contributed by atoms with E-state index in [9.17, 15) is 24.3 Å². The third kappa shape index (κ3) is 6.31. The van der Waals surface area contributed by atoms with Crippen molar-refractivity contribution in [1.82, 2.24) is 15.1 Å². The van der Waals surface area contributed by atoms with Crippen molar-refractivity contribution in [1.29, 1.82) is 0 Å². The highest BCUT2D eigenvalue weighted by Gasteiger charge is 2.74. The molecule has 10 nitrogen and oxygen atoms in total. The number of esters is 1. The van der Waals surface area contributed by atoms with Crippen LogP contribution in [0.5, 0.6) is 0 Å². The van der Waals surface area contributed by atoms with Gasteiger partial charge in [0.25, 0.3) is 0 Å². The van der Waals surface area contributed by atoms with Crippen molar-refractivity contribution in [2.24, 2.45) is 11.8 Å². The largest absolute Gasteiger partial charge is 0.455 e. The van der Waals surface area contributed by atoms with Crippen LogP contribution >= 0.6 is 0 Å². The first kappa shape index (κ1) is 33.6. The highest BCUT2D eigenvalue weighted by Crippen LogP contribution is 2.56. The molecule has 254 valence electrons. The van der Waals surface area contributed by atoms with Gasteiger partial charge >= 0.3 is 5.97 Å². The number of carbonyl (C=O) groups is 4. The molecule has 5 bridgehead atoms. The smallest absolute Gasteiger partial charge is 0.313 e. The van der Waals surface area contributed by atoms with E-state index in [0.717, 1.165) is 18.4 Å². The van der Waals surface area contributed by atoms with Crippen LogP contribution in [0.15, 0.2) is 85.0 Å². The minimum atomic E-state index is -1.41. The monoisotopic (exact) mass is 655 g/mol. The Morgan fingerprint density at radius 2 is 1.73 bits per heavy atom. The minimum absolute atomic E-state index is 0.0648. The van der Waals surface area contributed by atoms with Gasteiger partial charge in [0, 0.05) is 19.0 Å². The average Bonchev–Trinajstić information content (AvgIpc) is 3.74. The number of amides is 3. The molecule has 2 saturated heterocycles. The molecule has 0 saturated carbocycles. The van der Waals surface area contributed by atoms with Crippen LogP contribution in [0.3, 0.4) is 0 Å². The summed E-state index contributed by atoms with van der Waals surface area (Å²) < 4.78 is 12.7. The number of nitrogens with one attached hydrogen (secondary N) is 1. The molecule has 4 aliphatic heterocycles. The molecule has 3 amide bonds. The van der Waals surface area contributed by atoms with Gasteiger partial charge in [-0.3, -0.25) is 19.2 Å². The van der Waals surface area contributed by atoms with Gasteiger partial charge in [0.15, 0.2) is 0 Å². The molecule has 48 heavy (non-hydrogen) atoms. The van der Waals surface area contributed by atoms with Crippen molar-refractivity contribution in [3.8, 4) is 0 Å². The van der Waals surface area contributed by atoms with Gasteiger partial charge in [0.2, 0.25) is 17.7 Å². The van der Waals surface area contributed by atoms with E-state index in [1.807, 2.05) is 79.7 Å². The van der Waals surface area contributed by atoms with Crippen LogP contribution in [0, 0.1) is 11.8 Å². The summed E-state index contributed by atoms with van der Waals surface area (Å²) in [4.78, 5) is 60.0. The summed E-state index contributed by atoms with van der Waals surface area (Å²) in [6.07, 6.45) is 8.36. The first-order valence-electron chi connectivity index (χ1n) is 17.1. The summed E-state index contributed by atoms with van der Waals surface area (Å²) in [6.45, 7) is 4.00. The van der Waals surface area contributed by atoms with Crippen LogP contribution in [0.1, 0.15) is 56.8 Å². The fourth-order valence-electron chi connectivity index (χ4n) is 7.83. The summed E-state index contributed by atoms with van der Waals surface area (Å²) in [5.74, 6) is -3.58. The Bertz CT molecular complexity index is 1550. The molecule has 6 rings (SSSR count). The number of benzene rings is 2. The third-order valence-corrected chi connectivity index (χ3v) is 10.2. The quantitative estimate of drug-likeness (QED) is 0.330. The summed E-state index contributed by atoms with van der Waals surface area (Å²) in [7, 11) is 0. The number of nitrogens with zero attached hydrogens (tertiary/aromatic N) is 2. The number of rotatable bonds is 8. The second-order valence-electron chi connectivity index (χ2n) is 13.3. The number of aliphatic hydroxyl groups is 1. The Morgan fingerprint density at radius 1 is 1.00 bits per heavy atom. The van der Waals surface area contributed by atoms with E-state index in [1.165, 1.54) is 4.90 Å². The van der Waals surface area contributed by atoms with Crippen LogP contribution in [-0.4, -0.2) is 88.1 Å². The molecule has 2 fully saturated rings. The van der Waals surface area contributed by atoms with Crippen LogP contribution in [0.2, 0.25) is 0 Å². The first-order chi connectivity index (χ1) is 23.3. The highest BCUT2D eigenvalue weighted by atomic mass is 16.6. The van der Waals surface area contributed by atoms with Crippen molar-refractivity contribution in [2.45, 2.75) is 81.9 Å². The lowest BCUT2D eigenvalue weighted by Crippen LogP contribution is -2.60. The van der Waals surface area contributed by atoms with Crippen molar-refractivity contribution in [3.05, 3.63) is 96.1 Å². The number of hydrogen-bond acceptors (Lipinski definition) is 7. The van der Waals surface area contributed by atoms with Gasteiger partial charge in [-0.25, -0.2) is 0 Å². The van der Waals surface area contributed by atoms with E-state index >= 15 is 0 Å². The molecule has 0 aliphatic carbocycles. The highest BCUT2D eigenvalue weighted by molar-refractivity contribution is 5.99. The molecule has 8 atom stereocenters. The maximum absolute atomic E-state index is 15.0. The molecule has 1 spiro atoms. The van der Waals surface area contributed by atoms with Gasteiger partial charge in [-0.1, -0.05) is 98.3 Å². The Balaban J connectivity index is 1.44. The van der Waals surface area contributed by atoms with E-state index in [0.29, 0.717) is 18.4 Å². The third-order valence-electron chi connectivity index (χ3n) is 10.2. The lowest BCUT2D eigenvalue weighted by molar-refractivity contribution is -0.160. The Hall–Kier alpha value is -4.28. The molecular weight excluding hydrogens is 610 g/mol. The van der Waals surface area contributed by atoms with E-state index < -0.39 is 53.6 Å². The van der Waals surface area contributed by atoms with E-state index in [-0.39, 0.29) is 44.0 Å². The summed E-state index contributed by atoms with van der Waals surface area (Å²) in [5.41, 5.74) is 0.197.